The third kappa shape index (κ3) is 3.77. The molecule has 0 fully saturated rings. The van der Waals surface area contributed by atoms with Crippen LogP contribution in [-0.2, 0) is 6.54 Å². The van der Waals surface area contributed by atoms with Gasteiger partial charge in [0.2, 0.25) is 0 Å². The Morgan fingerprint density at radius 2 is 2.10 bits per heavy atom. The van der Waals surface area contributed by atoms with Gasteiger partial charge in [-0.3, -0.25) is 0 Å². The third-order valence-electron chi connectivity index (χ3n) is 2.77. The third-order valence-corrected chi connectivity index (χ3v) is 3.62. The zero-order valence-corrected chi connectivity index (χ0v) is 13.0. The topological polar surface area (TPSA) is 34.1 Å². The van der Waals surface area contributed by atoms with Gasteiger partial charge in [0, 0.05) is 23.0 Å². The van der Waals surface area contributed by atoms with Crippen molar-refractivity contribution in [3.63, 3.8) is 0 Å². The van der Waals surface area contributed by atoms with Crippen molar-refractivity contribution in [2.75, 3.05) is 7.11 Å². The Hall–Kier alpha value is -1.46. The van der Waals surface area contributed by atoms with Crippen LogP contribution in [0.5, 0.6) is 5.75 Å². The van der Waals surface area contributed by atoms with E-state index in [-0.39, 0.29) is 17.1 Å². The first kappa shape index (κ1) is 14.9. The van der Waals surface area contributed by atoms with E-state index in [9.17, 15) is 4.39 Å². The standard InChI is InChI=1S/C15H19FN2OS/c1-15(2,3)17-8-14-18-12(9-20-14)10-5-6-13(19-4)11(16)7-10/h5-7,9,17H,8H2,1-4H3. The van der Waals surface area contributed by atoms with E-state index >= 15 is 0 Å². The van der Waals surface area contributed by atoms with E-state index < -0.39 is 0 Å². The quantitative estimate of drug-likeness (QED) is 0.930. The van der Waals surface area contributed by atoms with E-state index in [1.54, 1.807) is 17.4 Å². The van der Waals surface area contributed by atoms with E-state index in [1.807, 2.05) is 11.4 Å². The Kier molecular flexibility index (Phi) is 4.40. The van der Waals surface area contributed by atoms with Crippen LogP contribution in [-0.4, -0.2) is 17.6 Å². The maximum atomic E-state index is 13.7. The molecular formula is C15H19FN2OS. The van der Waals surface area contributed by atoms with Crippen LogP contribution in [0.2, 0.25) is 0 Å². The molecule has 0 saturated carbocycles. The molecule has 0 aliphatic heterocycles. The predicted molar refractivity (Wildman–Crippen MR) is 80.7 cm³/mol. The summed E-state index contributed by atoms with van der Waals surface area (Å²) in [5, 5.41) is 6.32. The van der Waals surface area contributed by atoms with Crippen LogP contribution in [0.15, 0.2) is 23.6 Å². The van der Waals surface area contributed by atoms with E-state index in [2.05, 4.69) is 31.1 Å². The SMILES string of the molecule is COc1ccc(-c2csc(CNC(C)(C)C)n2)cc1F. The molecular weight excluding hydrogens is 275 g/mol. The van der Waals surface area contributed by atoms with Gasteiger partial charge in [-0.1, -0.05) is 0 Å². The van der Waals surface area contributed by atoms with Gasteiger partial charge < -0.3 is 10.1 Å². The molecule has 0 bridgehead atoms. The molecule has 1 N–H and O–H groups in total. The smallest absolute Gasteiger partial charge is 0.165 e. The zero-order valence-electron chi connectivity index (χ0n) is 12.2. The van der Waals surface area contributed by atoms with Gasteiger partial charge >= 0.3 is 0 Å². The second-order valence-electron chi connectivity index (χ2n) is 5.58. The molecule has 0 saturated heterocycles. The summed E-state index contributed by atoms with van der Waals surface area (Å²) < 4.78 is 18.6. The highest BCUT2D eigenvalue weighted by atomic mass is 32.1. The summed E-state index contributed by atoms with van der Waals surface area (Å²) in [6.45, 7) is 7.05. The number of rotatable bonds is 4. The molecule has 0 atom stereocenters. The number of aromatic nitrogens is 1. The first-order valence-electron chi connectivity index (χ1n) is 6.42. The molecule has 0 unspecified atom stereocenters. The number of methoxy groups -OCH3 is 1. The van der Waals surface area contributed by atoms with Gasteiger partial charge in [-0.05, 0) is 39.0 Å². The summed E-state index contributed by atoms with van der Waals surface area (Å²) >= 11 is 1.57. The molecule has 1 aromatic heterocycles. The van der Waals surface area contributed by atoms with Crippen molar-refractivity contribution in [3.05, 3.63) is 34.4 Å². The molecule has 0 amide bonds. The van der Waals surface area contributed by atoms with Crippen molar-refractivity contribution in [2.24, 2.45) is 0 Å². The molecule has 0 aliphatic rings. The van der Waals surface area contributed by atoms with Gasteiger partial charge in [-0.15, -0.1) is 11.3 Å². The van der Waals surface area contributed by atoms with Gasteiger partial charge in [0.1, 0.15) is 5.01 Å². The van der Waals surface area contributed by atoms with E-state index in [0.717, 1.165) is 16.3 Å². The molecule has 0 spiro atoms. The zero-order chi connectivity index (χ0) is 14.8. The van der Waals surface area contributed by atoms with Crippen molar-refractivity contribution in [3.8, 4) is 17.0 Å². The highest BCUT2D eigenvalue weighted by Gasteiger charge is 2.12. The van der Waals surface area contributed by atoms with E-state index in [0.29, 0.717) is 6.54 Å². The van der Waals surface area contributed by atoms with Gasteiger partial charge in [0.25, 0.3) is 0 Å². The molecule has 5 heteroatoms. The van der Waals surface area contributed by atoms with Crippen LogP contribution < -0.4 is 10.1 Å². The average molecular weight is 294 g/mol. The summed E-state index contributed by atoms with van der Waals surface area (Å²) in [5.74, 6) is -0.119. The van der Waals surface area contributed by atoms with E-state index in [1.165, 1.54) is 13.2 Å². The number of halogens is 1. The number of hydrogen-bond acceptors (Lipinski definition) is 4. The number of benzene rings is 1. The van der Waals surface area contributed by atoms with Gasteiger partial charge in [0.15, 0.2) is 11.6 Å². The Morgan fingerprint density at radius 3 is 2.70 bits per heavy atom. The largest absolute Gasteiger partial charge is 0.494 e. The lowest BCUT2D eigenvalue weighted by Gasteiger charge is -2.19. The molecule has 3 nitrogen and oxygen atoms in total. The first-order valence-corrected chi connectivity index (χ1v) is 7.30. The van der Waals surface area contributed by atoms with Crippen molar-refractivity contribution >= 4 is 11.3 Å². The fourth-order valence-electron chi connectivity index (χ4n) is 1.69. The first-order chi connectivity index (χ1) is 9.39. The summed E-state index contributed by atoms with van der Waals surface area (Å²) in [6, 6.07) is 4.89. The maximum absolute atomic E-state index is 13.7. The number of ether oxygens (including phenoxy) is 1. The number of thiazole rings is 1. The van der Waals surface area contributed by atoms with Gasteiger partial charge in [-0.25, -0.2) is 9.37 Å². The van der Waals surface area contributed by atoms with Crippen LogP contribution in [0.25, 0.3) is 11.3 Å². The van der Waals surface area contributed by atoms with Crippen LogP contribution >= 0.6 is 11.3 Å². The maximum Gasteiger partial charge on any atom is 0.165 e. The van der Waals surface area contributed by atoms with Gasteiger partial charge in [0.05, 0.1) is 12.8 Å². The minimum absolute atomic E-state index is 0.0536. The van der Waals surface area contributed by atoms with Crippen molar-refractivity contribution in [1.29, 1.82) is 0 Å². The second-order valence-corrected chi connectivity index (χ2v) is 6.52. The van der Waals surface area contributed by atoms with Crippen molar-refractivity contribution in [1.82, 2.24) is 10.3 Å². The fourth-order valence-corrected chi connectivity index (χ4v) is 2.43. The molecule has 1 heterocycles. The van der Waals surface area contributed by atoms with Crippen molar-refractivity contribution in [2.45, 2.75) is 32.9 Å². The Bertz CT molecular complexity index is 590. The average Bonchev–Trinajstić information content (AvgIpc) is 2.84. The fraction of sp³-hybridized carbons (Fsp3) is 0.400. The normalized spacial score (nSPS) is 11.7. The molecule has 20 heavy (non-hydrogen) atoms. The van der Waals surface area contributed by atoms with Crippen LogP contribution in [0, 0.1) is 5.82 Å². The van der Waals surface area contributed by atoms with Crippen LogP contribution in [0.3, 0.4) is 0 Å². The highest BCUT2D eigenvalue weighted by molar-refractivity contribution is 7.09. The van der Waals surface area contributed by atoms with Gasteiger partial charge in [-0.2, -0.15) is 0 Å². The minimum atomic E-state index is -0.368. The Morgan fingerprint density at radius 1 is 1.35 bits per heavy atom. The second kappa shape index (κ2) is 5.89. The predicted octanol–water partition coefficient (Wildman–Crippen LogP) is 3.85. The lowest BCUT2D eigenvalue weighted by Crippen LogP contribution is -2.34. The Balaban J connectivity index is 2.14. The lowest BCUT2D eigenvalue weighted by atomic mass is 10.1. The highest BCUT2D eigenvalue weighted by Crippen LogP contribution is 2.26. The lowest BCUT2D eigenvalue weighted by molar-refractivity contribution is 0.386. The summed E-state index contributed by atoms with van der Waals surface area (Å²) in [6.07, 6.45) is 0. The number of nitrogens with one attached hydrogen (secondary N) is 1. The van der Waals surface area contributed by atoms with Crippen molar-refractivity contribution < 1.29 is 9.13 Å². The monoisotopic (exact) mass is 294 g/mol. The molecule has 2 rings (SSSR count). The number of nitrogens with zero attached hydrogens (tertiary/aromatic N) is 1. The molecule has 1 aromatic carbocycles. The summed E-state index contributed by atoms with van der Waals surface area (Å²) in [7, 11) is 1.46. The molecule has 2 aromatic rings. The Labute approximate surface area is 122 Å². The minimum Gasteiger partial charge on any atom is -0.494 e. The molecule has 108 valence electrons. The molecule has 0 radical (unpaired) electrons. The van der Waals surface area contributed by atoms with Crippen LogP contribution in [0.1, 0.15) is 25.8 Å². The van der Waals surface area contributed by atoms with E-state index in [4.69, 9.17) is 4.74 Å². The summed E-state index contributed by atoms with van der Waals surface area (Å²) in [4.78, 5) is 4.53. The number of hydrogen-bond donors (Lipinski definition) is 1. The van der Waals surface area contributed by atoms with Crippen LogP contribution in [0.4, 0.5) is 4.39 Å². The molecule has 0 aliphatic carbocycles. The summed E-state index contributed by atoms with van der Waals surface area (Å²) in [5.41, 5.74) is 1.61.